The highest BCUT2D eigenvalue weighted by Gasteiger charge is 2.37. The van der Waals surface area contributed by atoms with Gasteiger partial charge in [-0.3, -0.25) is 4.79 Å². The fourth-order valence-electron chi connectivity index (χ4n) is 4.17. The van der Waals surface area contributed by atoms with E-state index in [2.05, 4.69) is 25.1 Å². The van der Waals surface area contributed by atoms with Crippen molar-refractivity contribution in [2.75, 3.05) is 20.6 Å². The molecule has 136 valence electrons. The summed E-state index contributed by atoms with van der Waals surface area (Å²) in [5.41, 5.74) is 2.07. The van der Waals surface area contributed by atoms with E-state index >= 15 is 0 Å². The minimum Gasteiger partial charge on any atom is -0.426 e. The van der Waals surface area contributed by atoms with E-state index in [0.717, 1.165) is 12.1 Å². The second kappa shape index (κ2) is 7.28. The average molecular weight is 345 g/mol. The van der Waals surface area contributed by atoms with E-state index in [-0.39, 0.29) is 17.7 Å². The lowest BCUT2D eigenvalue weighted by Gasteiger charge is -2.33. The Labute approximate surface area is 149 Å². The summed E-state index contributed by atoms with van der Waals surface area (Å²) in [4.78, 5) is 14.1. The van der Waals surface area contributed by atoms with Crippen LogP contribution in [0.1, 0.15) is 38.7 Å². The van der Waals surface area contributed by atoms with Gasteiger partial charge >= 0.3 is 5.97 Å². The minimum absolute atomic E-state index is 0.238. The summed E-state index contributed by atoms with van der Waals surface area (Å²) in [5, 5.41) is 0. The number of fused-ring (bicyclic) bond motifs is 2. The van der Waals surface area contributed by atoms with Crippen LogP contribution >= 0.6 is 0 Å². The molecule has 3 atom stereocenters. The Balaban J connectivity index is 1.93. The van der Waals surface area contributed by atoms with Crippen molar-refractivity contribution in [2.24, 2.45) is 23.7 Å². The number of hydrogen-bond acceptors (Lipinski definition) is 3. The molecule has 0 N–H and O–H groups in total. The van der Waals surface area contributed by atoms with Crippen molar-refractivity contribution in [3.8, 4) is 5.75 Å². The van der Waals surface area contributed by atoms with Gasteiger partial charge in [-0.25, -0.2) is 4.39 Å². The van der Waals surface area contributed by atoms with Gasteiger partial charge in [0.15, 0.2) is 0 Å². The molecule has 25 heavy (non-hydrogen) atoms. The van der Waals surface area contributed by atoms with Crippen molar-refractivity contribution < 1.29 is 13.9 Å². The summed E-state index contributed by atoms with van der Waals surface area (Å²) >= 11 is 0. The fraction of sp³-hybridized carbons (Fsp3) is 0.571. The molecule has 3 nitrogen and oxygen atoms in total. The van der Waals surface area contributed by atoms with Gasteiger partial charge in [0.25, 0.3) is 0 Å². The first kappa shape index (κ1) is 18.1. The lowest BCUT2D eigenvalue weighted by Crippen LogP contribution is -2.29. The molecule has 2 aliphatic carbocycles. The van der Waals surface area contributed by atoms with Gasteiger partial charge < -0.3 is 9.64 Å². The zero-order chi connectivity index (χ0) is 18.1. The second-order valence-corrected chi connectivity index (χ2v) is 8.08. The standard InChI is InChI=1S/C21H28FNO2/c1-13(2)21(24)25-18-10-16(9-17(22)11-18)19-8-14-5-6-15(7-14)20(19)12-23(3)4/h8-11,13-15,20H,5-7,12H2,1-4H3/t14-,15?,20?/m1/s1. The van der Waals surface area contributed by atoms with E-state index < -0.39 is 0 Å². The number of allylic oxidation sites excluding steroid dienone is 1. The number of rotatable bonds is 5. The summed E-state index contributed by atoms with van der Waals surface area (Å²) in [6.45, 7) is 4.51. The molecule has 0 amide bonds. The average Bonchev–Trinajstić information content (AvgIpc) is 2.91. The molecular weight excluding hydrogens is 317 g/mol. The Kier molecular flexibility index (Phi) is 5.28. The number of benzene rings is 1. The molecular formula is C21H28FNO2. The quantitative estimate of drug-likeness (QED) is 0.586. The molecule has 1 aromatic rings. The third-order valence-electron chi connectivity index (χ3n) is 5.35. The van der Waals surface area contributed by atoms with E-state index in [1.165, 1.54) is 30.9 Å². The van der Waals surface area contributed by atoms with Crippen LogP contribution in [0.4, 0.5) is 4.39 Å². The molecule has 2 aliphatic rings. The van der Waals surface area contributed by atoms with Gasteiger partial charge in [0.05, 0.1) is 5.92 Å². The van der Waals surface area contributed by atoms with Crippen molar-refractivity contribution >= 4 is 11.5 Å². The summed E-state index contributed by atoms with van der Waals surface area (Å²) < 4.78 is 19.6. The Morgan fingerprint density at radius 2 is 2.04 bits per heavy atom. The van der Waals surface area contributed by atoms with E-state index in [4.69, 9.17) is 4.74 Å². The van der Waals surface area contributed by atoms with Crippen LogP contribution in [0, 0.1) is 29.5 Å². The van der Waals surface area contributed by atoms with Crippen LogP contribution in [0.5, 0.6) is 5.75 Å². The second-order valence-electron chi connectivity index (χ2n) is 8.08. The number of halogens is 1. The van der Waals surface area contributed by atoms with Crippen LogP contribution in [-0.4, -0.2) is 31.5 Å². The van der Waals surface area contributed by atoms with Gasteiger partial charge in [-0.1, -0.05) is 19.9 Å². The number of carbonyl (C=O) groups excluding carboxylic acids is 1. The summed E-state index contributed by atoms with van der Waals surface area (Å²) in [5.74, 6) is 1.05. The van der Waals surface area contributed by atoms with E-state index in [0.29, 0.717) is 23.5 Å². The maximum Gasteiger partial charge on any atom is 0.313 e. The molecule has 2 bridgehead atoms. The van der Waals surface area contributed by atoms with Crippen LogP contribution in [-0.2, 0) is 4.79 Å². The van der Waals surface area contributed by atoms with Crippen molar-refractivity contribution in [1.29, 1.82) is 0 Å². The summed E-state index contributed by atoms with van der Waals surface area (Å²) in [6.07, 6.45) is 6.04. The Hall–Kier alpha value is -1.68. The lowest BCUT2D eigenvalue weighted by molar-refractivity contribution is -0.137. The fourth-order valence-corrected chi connectivity index (χ4v) is 4.17. The third-order valence-corrected chi connectivity index (χ3v) is 5.35. The van der Waals surface area contributed by atoms with E-state index in [1.54, 1.807) is 19.9 Å². The molecule has 4 heteroatoms. The zero-order valence-electron chi connectivity index (χ0n) is 15.6. The predicted octanol–water partition coefficient (Wildman–Crippen LogP) is 4.38. The number of ether oxygens (including phenoxy) is 1. The van der Waals surface area contributed by atoms with Gasteiger partial charge in [0, 0.05) is 12.6 Å². The van der Waals surface area contributed by atoms with Crippen molar-refractivity contribution in [3.05, 3.63) is 35.7 Å². The van der Waals surface area contributed by atoms with Gasteiger partial charge in [-0.2, -0.15) is 0 Å². The first-order valence-electron chi connectivity index (χ1n) is 9.22. The largest absolute Gasteiger partial charge is 0.426 e. The highest BCUT2D eigenvalue weighted by Crippen LogP contribution is 2.48. The van der Waals surface area contributed by atoms with Gasteiger partial charge in [0.1, 0.15) is 11.6 Å². The molecule has 3 rings (SSSR count). The lowest BCUT2D eigenvalue weighted by atomic mass is 9.76. The monoisotopic (exact) mass is 345 g/mol. The van der Waals surface area contributed by atoms with Gasteiger partial charge in [-0.15, -0.1) is 0 Å². The molecule has 0 radical (unpaired) electrons. The molecule has 0 spiro atoms. The molecule has 1 saturated carbocycles. The Bertz CT molecular complexity index is 680. The smallest absolute Gasteiger partial charge is 0.313 e. The molecule has 0 aliphatic heterocycles. The topological polar surface area (TPSA) is 29.5 Å². The molecule has 1 aromatic carbocycles. The molecule has 0 saturated heterocycles. The number of carbonyl (C=O) groups is 1. The first-order chi connectivity index (χ1) is 11.8. The molecule has 2 unspecified atom stereocenters. The van der Waals surface area contributed by atoms with Crippen LogP contribution in [0.3, 0.4) is 0 Å². The van der Waals surface area contributed by atoms with Crippen molar-refractivity contribution in [3.63, 3.8) is 0 Å². The van der Waals surface area contributed by atoms with Gasteiger partial charge in [-0.05, 0) is 74.4 Å². The van der Waals surface area contributed by atoms with E-state index in [9.17, 15) is 9.18 Å². The van der Waals surface area contributed by atoms with Crippen LogP contribution in [0.2, 0.25) is 0 Å². The van der Waals surface area contributed by atoms with Gasteiger partial charge in [0.2, 0.25) is 0 Å². The maximum absolute atomic E-state index is 14.2. The first-order valence-corrected chi connectivity index (χ1v) is 9.22. The van der Waals surface area contributed by atoms with Crippen LogP contribution in [0.15, 0.2) is 24.3 Å². The number of hydrogen-bond donors (Lipinski definition) is 0. The minimum atomic E-state index is -0.355. The third kappa shape index (κ3) is 4.12. The molecule has 1 fully saturated rings. The predicted molar refractivity (Wildman–Crippen MR) is 97.7 cm³/mol. The van der Waals surface area contributed by atoms with Crippen molar-refractivity contribution in [1.82, 2.24) is 4.90 Å². The highest BCUT2D eigenvalue weighted by molar-refractivity contribution is 5.76. The number of nitrogens with zero attached hydrogens (tertiary/aromatic N) is 1. The highest BCUT2D eigenvalue weighted by atomic mass is 19.1. The van der Waals surface area contributed by atoms with Crippen molar-refractivity contribution in [2.45, 2.75) is 33.1 Å². The zero-order valence-corrected chi connectivity index (χ0v) is 15.6. The molecule has 0 heterocycles. The summed E-state index contributed by atoms with van der Waals surface area (Å²) in [7, 11) is 4.17. The van der Waals surface area contributed by atoms with Crippen LogP contribution in [0.25, 0.3) is 5.57 Å². The normalized spacial score (nSPS) is 25.4. The molecule has 0 aromatic heterocycles. The number of esters is 1. The SMILES string of the molecule is CC(C)C(=O)Oc1cc(F)cc(C2=C[C@@H]3CCC(C3)C2CN(C)C)c1. The van der Waals surface area contributed by atoms with E-state index in [1.807, 2.05) is 6.07 Å². The van der Waals surface area contributed by atoms with Crippen LogP contribution < -0.4 is 4.74 Å². The summed E-state index contributed by atoms with van der Waals surface area (Å²) in [6, 6.07) is 4.69. The Morgan fingerprint density at radius 3 is 2.72 bits per heavy atom. The Morgan fingerprint density at radius 1 is 1.28 bits per heavy atom. The maximum atomic E-state index is 14.2.